The molecule has 0 aliphatic carbocycles. The van der Waals surface area contributed by atoms with Crippen LogP contribution in [0.25, 0.3) is 0 Å². The Kier molecular flexibility index (Phi) is 5.78. The van der Waals surface area contributed by atoms with Crippen LogP contribution in [0.1, 0.15) is 36.3 Å². The zero-order valence-corrected chi connectivity index (χ0v) is 16.7. The first-order valence-corrected chi connectivity index (χ1v) is 10.6. The lowest BCUT2D eigenvalue weighted by Gasteiger charge is -2.45. The maximum absolute atomic E-state index is 6.21. The molecule has 2 aliphatic heterocycles. The van der Waals surface area contributed by atoms with Gasteiger partial charge in [0.15, 0.2) is 0 Å². The van der Waals surface area contributed by atoms with Gasteiger partial charge in [-0.1, -0.05) is 6.07 Å². The Morgan fingerprint density at radius 3 is 3.00 bits per heavy atom. The second kappa shape index (κ2) is 8.27. The van der Waals surface area contributed by atoms with E-state index in [9.17, 15) is 0 Å². The fourth-order valence-corrected chi connectivity index (χ4v) is 5.28. The molecule has 0 unspecified atom stereocenters. The number of thiophene rings is 1. The van der Waals surface area contributed by atoms with E-state index in [0.29, 0.717) is 6.61 Å². The molecule has 4 heterocycles. The molecule has 2 aromatic heterocycles. The fourth-order valence-electron chi connectivity index (χ4n) is 4.47. The molecule has 0 bridgehead atoms. The molecule has 27 heavy (non-hydrogen) atoms. The Labute approximate surface area is 165 Å². The summed E-state index contributed by atoms with van der Waals surface area (Å²) in [5.41, 5.74) is 1.10. The molecule has 0 amide bonds. The first-order chi connectivity index (χ1) is 13.3. The number of rotatable bonds is 7. The highest BCUT2D eigenvalue weighted by atomic mass is 32.1. The van der Waals surface area contributed by atoms with Crippen LogP contribution >= 0.6 is 11.3 Å². The minimum absolute atomic E-state index is 0.0414. The van der Waals surface area contributed by atoms with Gasteiger partial charge in [0, 0.05) is 43.5 Å². The standard InChI is InChI=1S/C21H28N2O3S/c1-24-17-5-13-27-18(17)14-22-10-6-20(19-4-2-3-9-23-19)7-12-26-21(15-20)8-11-25-16-21/h2-5,9,13,22H,6-8,10-12,14-16H2,1H3/t20-,21+/m0/s1. The molecule has 2 atom stereocenters. The molecule has 2 fully saturated rings. The van der Waals surface area contributed by atoms with Crippen molar-refractivity contribution in [3.63, 3.8) is 0 Å². The summed E-state index contributed by atoms with van der Waals surface area (Å²) in [6.45, 7) is 4.06. The summed E-state index contributed by atoms with van der Waals surface area (Å²) in [7, 11) is 1.73. The van der Waals surface area contributed by atoms with Crippen molar-refractivity contribution in [2.24, 2.45) is 0 Å². The van der Waals surface area contributed by atoms with E-state index < -0.39 is 0 Å². The summed E-state index contributed by atoms with van der Waals surface area (Å²) in [6.07, 6.45) is 5.94. The van der Waals surface area contributed by atoms with Gasteiger partial charge in [0.2, 0.25) is 0 Å². The lowest BCUT2D eigenvalue weighted by atomic mass is 9.68. The van der Waals surface area contributed by atoms with Crippen LogP contribution in [0.15, 0.2) is 35.8 Å². The Morgan fingerprint density at radius 1 is 1.26 bits per heavy atom. The number of hydrogen-bond acceptors (Lipinski definition) is 6. The second-order valence-electron chi connectivity index (χ2n) is 7.60. The molecule has 146 valence electrons. The zero-order valence-electron chi connectivity index (χ0n) is 15.9. The Morgan fingerprint density at radius 2 is 2.22 bits per heavy atom. The molecule has 6 heteroatoms. The van der Waals surface area contributed by atoms with Crippen molar-refractivity contribution in [2.45, 2.75) is 43.2 Å². The van der Waals surface area contributed by atoms with Crippen molar-refractivity contribution in [3.05, 3.63) is 46.4 Å². The van der Waals surface area contributed by atoms with Gasteiger partial charge >= 0.3 is 0 Å². The number of pyridine rings is 1. The first kappa shape index (κ1) is 18.9. The van der Waals surface area contributed by atoms with Crippen LogP contribution in [0.5, 0.6) is 5.75 Å². The molecular formula is C21H28N2O3S. The van der Waals surface area contributed by atoms with Crippen molar-refractivity contribution in [2.75, 3.05) is 33.5 Å². The third kappa shape index (κ3) is 4.04. The highest BCUT2D eigenvalue weighted by molar-refractivity contribution is 7.10. The first-order valence-electron chi connectivity index (χ1n) is 9.70. The highest BCUT2D eigenvalue weighted by Gasteiger charge is 2.49. The maximum atomic E-state index is 6.21. The van der Waals surface area contributed by atoms with E-state index in [4.69, 9.17) is 19.2 Å². The minimum Gasteiger partial charge on any atom is -0.496 e. The Bertz CT molecular complexity index is 730. The van der Waals surface area contributed by atoms with E-state index >= 15 is 0 Å². The molecule has 2 aromatic rings. The van der Waals surface area contributed by atoms with Crippen molar-refractivity contribution < 1.29 is 14.2 Å². The summed E-state index contributed by atoms with van der Waals surface area (Å²) in [5.74, 6) is 0.972. The number of methoxy groups -OCH3 is 1. The lowest BCUT2D eigenvalue weighted by Crippen LogP contribution is -2.49. The van der Waals surface area contributed by atoms with Crippen LogP contribution in [0.4, 0.5) is 0 Å². The fraction of sp³-hybridized carbons (Fsp3) is 0.571. The van der Waals surface area contributed by atoms with Gasteiger partial charge in [-0.15, -0.1) is 11.3 Å². The number of ether oxygens (including phenoxy) is 3. The van der Waals surface area contributed by atoms with E-state index in [0.717, 1.165) is 57.7 Å². The van der Waals surface area contributed by atoms with Crippen LogP contribution in [0.3, 0.4) is 0 Å². The summed E-state index contributed by atoms with van der Waals surface area (Å²) in [5, 5.41) is 5.69. The second-order valence-corrected chi connectivity index (χ2v) is 8.60. The van der Waals surface area contributed by atoms with E-state index in [1.54, 1.807) is 18.4 Å². The predicted octanol–water partition coefficient (Wildman–Crippen LogP) is 3.54. The maximum Gasteiger partial charge on any atom is 0.134 e. The van der Waals surface area contributed by atoms with Crippen LogP contribution in [-0.2, 0) is 21.4 Å². The highest BCUT2D eigenvalue weighted by Crippen LogP contribution is 2.46. The van der Waals surface area contributed by atoms with Gasteiger partial charge in [-0.25, -0.2) is 0 Å². The molecule has 1 spiro atoms. The summed E-state index contributed by atoms with van der Waals surface area (Å²) in [4.78, 5) is 5.99. The summed E-state index contributed by atoms with van der Waals surface area (Å²) in [6, 6.07) is 8.30. The molecule has 0 saturated carbocycles. The van der Waals surface area contributed by atoms with Crippen LogP contribution < -0.4 is 10.1 Å². The number of hydrogen-bond donors (Lipinski definition) is 1. The van der Waals surface area contributed by atoms with Gasteiger partial charge in [0.1, 0.15) is 5.75 Å². The average Bonchev–Trinajstić information content (AvgIpc) is 3.35. The number of nitrogens with one attached hydrogen (secondary N) is 1. The third-order valence-electron chi connectivity index (χ3n) is 5.92. The van der Waals surface area contributed by atoms with Crippen LogP contribution in [0, 0.1) is 0 Å². The van der Waals surface area contributed by atoms with E-state index in [1.807, 2.05) is 18.3 Å². The molecule has 1 N–H and O–H groups in total. The minimum atomic E-state index is -0.132. The molecule has 2 saturated heterocycles. The summed E-state index contributed by atoms with van der Waals surface area (Å²) >= 11 is 1.73. The van der Waals surface area contributed by atoms with E-state index in [1.165, 1.54) is 10.6 Å². The number of nitrogens with zero attached hydrogens (tertiary/aromatic N) is 1. The van der Waals surface area contributed by atoms with Gasteiger partial charge in [0.05, 0.1) is 24.2 Å². The zero-order chi connectivity index (χ0) is 18.6. The normalized spacial score (nSPS) is 27.9. The van der Waals surface area contributed by atoms with Crippen molar-refractivity contribution in [1.82, 2.24) is 10.3 Å². The van der Waals surface area contributed by atoms with E-state index in [2.05, 4.69) is 22.8 Å². The molecule has 4 rings (SSSR count). The smallest absolute Gasteiger partial charge is 0.134 e. The van der Waals surface area contributed by atoms with Gasteiger partial charge < -0.3 is 19.5 Å². The van der Waals surface area contributed by atoms with Crippen molar-refractivity contribution >= 4 is 11.3 Å². The predicted molar refractivity (Wildman–Crippen MR) is 106 cm³/mol. The van der Waals surface area contributed by atoms with Gasteiger partial charge in [-0.05, 0) is 49.4 Å². The van der Waals surface area contributed by atoms with Crippen molar-refractivity contribution in [1.29, 1.82) is 0 Å². The summed E-state index contributed by atoms with van der Waals surface area (Å²) < 4.78 is 17.3. The average molecular weight is 389 g/mol. The molecule has 2 aliphatic rings. The van der Waals surface area contributed by atoms with Crippen LogP contribution in [0.2, 0.25) is 0 Å². The van der Waals surface area contributed by atoms with Crippen LogP contribution in [-0.4, -0.2) is 44.1 Å². The van der Waals surface area contributed by atoms with Gasteiger partial charge in [0.25, 0.3) is 0 Å². The topological polar surface area (TPSA) is 52.6 Å². The molecule has 5 nitrogen and oxygen atoms in total. The SMILES string of the molecule is COc1ccsc1CNCC[C@]1(c2ccccn2)CCO[C@]2(CCOC2)C1. The van der Waals surface area contributed by atoms with Crippen molar-refractivity contribution in [3.8, 4) is 5.75 Å². The molecular weight excluding hydrogens is 360 g/mol. The monoisotopic (exact) mass is 388 g/mol. The third-order valence-corrected chi connectivity index (χ3v) is 6.82. The van der Waals surface area contributed by atoms with Gasteiger partial charge in [-0.2, -0.15) is 0 Å². The quantitative estimate of drug-likeness (QED) is 0.736. The van der Waals surface area contributed by atoms with E-state index in [-0.39, 0.29) is 11.0 Å². The lowest BCUT2D eigenvalue weighted by molar-refractivity contribution is -0.109. The largest absolute Gasteiger partial charge is 0.496 e. The Hall–Kier alpha value is -1.47. The Balaban J connectivity index is 1.46. The number of aromatic nitrogens is 1. The molecule has 0 radical (unpaired) electrons. The molecule has 0 aromatic carbocycles. The van der Waals surface area contributed by atoms with Gasteiger partial charge in [-0.3, -0.25) is 4.98 Å².